The molecular weight excluding hydrogens is 258 g/mol. The minimum Gasteiger partial charge on any atom is -0.489 e. The van der Waals surface area contributed by atoms with Gasteiger partial charge in [0.05, 0.1) is 5.56 Å². The number of rotatable bonds is 4. The molecule has 0 fully saturated rings. The number of aromatic nitrogens is 1. The van der Waals surface area contributed by atoms with Gasteiger partial charge in [-0.15, -0.1) is 0 Å². The highest BCUT2D eigenvalue weighted by Gasteiger charge is 2.08. The third-order valence-electron chi connectivity index (χ3n) is 2.60. The highest BCUT2D eigenvalue weighted by molar-refractivity contribution is 5.93. The lowest BCUT2D eigenvalue weighted by atomic mass is 10.2. The van der Waals surface area contributed by atoms with Gasteiger partial charge in [-0.05, 0) is 29.8 Å². The number of nitrogen functional groups attached to an aromatic ring is 1. The van der Waals surface area contributed by atoms with Crippen LogP contribution in [0.2, 0.25) is 0 Å². The molecule has 0 aliphatic heterocycles. The number of carbonyl (C=O) groups is 1. The summed E-state index contributed by atoms with van der Waals surface area (Å²) in [6.45, 7) is 0.239. The van der Waals surface area contributed by atoms with Gasteiger partial charge in [0.25, 0.3) is 0 Å². The number of carboxylic acid groups (broad SMARTS) is 1. The second-order valence-corrected chi connectivity index (χ2v) is 4.00. The predicted molar refractivity (Wildman–Crippen MR) is 71.1 cm³/mol. The van der Waals surface area contributed by atoms with Crippen LogP contribution in [0.1, 0.15) is 21.6 Å². The van der Waals surface area contributed by atoms with Crippen molar-refractivity contribution in [2.45, 2.75) is 6.61 Å². The summed E-state index contributed by atoms with van der Waals surface area (Å²) in [5.74, 6) is -0.621. The summed E-state index contributed by atoms with van der Waals surface area (Å²) in [5.41, 5.74) is 6.90. The van der Waals surface area contributed by atoms with E-state index in [1.807, 2.05) is 6.07 Å². The van der Waals surface area contributed by atoms with Crippen molar-refractivity contribution in [2.24, 2.45) is 0 Å². The van der Waals surface area contributed by atoms with Gasteiger partial charge in [-0.3, -0.25) is 0 Å². The summed E-state index contributed by atoms with van der Waals surface area (Å²) in [5, 5.41) is 17.6. The van der Waals surface area contributed by atoms with Crippen LogP contribution in [0.3, 0.4) is 0 Å². The number of benzene rings is 1. The van der Waals surface area contributed by atoms with E-state index in [4.69, 9.17) is 20.8 Å². The molecule has 0 spiro atoms. The van der Waals surface area contributed by atoms with Crippen LogP contribution in [-0.4, -0.2) is 16.1 Å². The Hall–Kier alpha value is -3.07. The zero-order chi connectivity index (χ0) is 14.5. The number of nitriles is 1. The maximum Gasteiger partial charge on any atom is 0.337 e. The summed E-state index contributed by atoms with van der Waals surface area (Å²) in [4.78, 5) is 14.7. The number of nitrogens with two attached hydrogens (primary N) is 1. The van der Waals surface area contributed by atoms with Crippen LogP contribution >= 0.6 is 0 Å². The van der Waals surface area contributed by atoms with Crippen molar-refractivity contribution in [1.82, 2.24) is 4.98 Å². The molecule has 0 saturated carbocycles. The first-order valence-electron chi connectivity index (χ1n) is 5.71. The normalized spacial score (nSPS) is 9.75. The third-order valence-corrected chi connectivity index (χ3v) is 2.60. The van der Waals surface area contributed by atoms with Gasteiger partial charge in [0.1, 0.15) is 24.1 Å². The summed E-state index contributed by atoms with van der Waals surface area (Å²) < 4.78 is 5.50. The minimum absolute atomic E-state index is 0.0352. The average Bonchev–Trinajstić information content (AvgIpc) is 2.45. The topological polar surface area (TPSA) is 109 Å². The first-order chi connectivity index (χ1) is 9.60. The number of nitrogens with zero attached hydrogens (tertiary/aromatic N) is 2. The fourth-order valence-electron chi connectivity index (χ4n) is 1.62. The Kier molecular flexibility index (Phi) is 3.82. The van der Waals surface area contributed by atoms with Gasteiger partial charge in [0, 0.05) is 18.0 Å². The van der Waals surface area contributed by atoms with Crippen molar-refractivity contribution < 1.29 is 14.6 Å². The van der Waals surface area contributed by atoms with Crippen molar-refractivity contribution >= 4 is 11.7 Å². The molecule has 0 atom stereocenters. The molecule has 20 heavy (non-hydrogen) atoms. The molecule has 100 valence electrons. The second-order valence-electron chi connectivity index (χ2n) is 4.00. The molecule has 0 aliphatic rings. The second kappa shape index (κ2) is 5.71. The van der Waals surface area contributed by atoms with Crippen molar-refractivity contribution in [3.8, 4) is 11.8 Å². The van der Waals surface area contributed by atoms with E-state index < -0.39 is 5.97 Å². The van der Waals surface area contributed by atoms with Gasteiger partial charge in [-0.2, -0.15) is 5.26 Å². The lowest BCUT2D eigenvalue weighted by Crippen LogP contribution is -2.03. The van der Waals surface area contributed by atoms with Crippen LogP contribution in [0.25, 0.3) is 0 Å². The number of aromatic carboxylic acids is 1. The molecule has 1 heterocycles. The van der Waals surface area contributed by atoms with E-state index in [1.54, 1.807) is 12.1 Å². The Labute approximate surface area is 115 Å². The fraction of sp³-hybridized carbons (Fsp3) is 0.0714. The SMILES string of the molecule is N#Cc1cc(COc2ccc(C(=O)O)c(N)c2)ccn1. The maximum absolute atomic E-state index is 10.8. The Balaban J connectivity index is 2.09. The van der Waals surface area contributed by atoms with E-state index in [-0.39, 0.29) is 17.9 Å². The van der Waals surface area contributed by atoms with Gasteiger partial charge in [-0.25, -0.2) is 9.78 Å². The van der Waals surface area contributed by atoms with Crippen molar-refractivity contribution in [2.75, 3.05) is 5.73 Å². The van der Waals surface area contributed by atoms with E-state index >= 15 is 0 Å². The van der Waals surface area contributed by atoms with Crippen LogP contribution in [0.5, 0.6) is 5.75 Å². The zero-order valence-corrected chi connectivity index (χ0v) is 10.4. The first kappa shape index (κ1) is 13.4. The number of ether oxygens (including phenoxy) is 1. The highest BCUT2D eigenvalue weighted by atomic mass is 16.5. The molecule has 0 aliphatic carbocycles. The first-order valence-corrected chi connectivity index (χ1v) is 5.71. The van der Waals surface area contributed by atoms with Gasteiger partial charge < -0.3 is 15.6 Å². The van der Waals surface area contributed by atoms with E-state index in [2.05, 4.69) is 4.98 Å². The fourth-order valence-corrected chi connectivity index (χ4v) is 1.62. The van der Waals surface area contributed by atoms with Crippen LogP contribution in [-0.2, 0) is 6.61 Å². The van der Waals surface area contributed by atoms with E-state index in [0.29, 0.717) is 11.4 Å². The van der Waals surface area contributed by atoms with Crippen molar-refractivity contribution in [3.05, 3.63) is 53.3 Å². The molecule has 0 saturated heterocycles. The van der Waals surface area contributed by atoms with Crippen molar-refractivity contribution in [3.63, 3.8) is 0 Å². The molecule has 3 N–H and O–H groups in total. The van der Waals surface area contributed by atoms with Crippen LogP contribution in [0.4, 0.5) is 5.69 Å². The zero-order valence-electron chi connectivity index (χ0n) is 10.4. The van der Waals surface area contributed by atoms with Crippen LogP contribution < -0.4 is 10.5 Å². The number of anilines is 1. The number of hydrogen-bond acceptors (Lipinski definition) is 5. The Morgan fingerprint density at radius 2 is 2.20 bits per heavy atom. The van der Waals surface area contributed by atoms with Gasteiger partial charge >= 0.3 is 5.97 Å². The molecule has 0 amide bonds. The molecule has 6 nitrogen and oxygen atoms in total. The van der Waals surface area contributed by atoms with Gasteiger partial charge in [0.2, 0.25) is 0 Å². The largest absolute Gasteiger partial charge is 0.489 e. The van der Waals surface area contributed by atoms with Crippen molar-refractivity contribution in [1.29, 1.82) is 5.26 Å². The molecule has 2 rings (SSSR count). The predicted octanol–water partition coefficient (Wildman–Crippen LogP) is 1.81. The Morgan fingerprint density at radius 3 is 2.85 bits per heavy atom. The standard InChI is InChI=1S/C14H11N3O3/c15-7-10-5-9(3-4-17-10)8-20-11-1-2-12(14(18)19)13(16)6-11/h1-6H,8,16H2,(H,18,19). The molecule has 0 unspecified atom stereocenters. The molecule has 1 aromatic heterocycles. The molecule has 0 bridgehead atoms. The highest BCUT2D eigenvalue weighted by Crippen LogP contribution is 2.21. The molecule has 1 aromatic carbocycles. The molecule has 0 radical (unpaired) electrons. The smallest absolute Gasteiger partial charge is 0.337 e. The van der Waals surface area contributed by atoms with E-state index in [1.165, 1.54) is 24.4 Å². The Bertz CT molecular complexity index is 692. The third kappa shape index (κ3) is 3.03. The van der Waals surface area contributed by atoms with Crippen LogP contribution in [0.15, 0.2) is 36.5 Å². The van der Waals surface area contributed by atoms with E-state index in [0.717, 1.165) is 5.56 Å². The average molecular weight is 269 g/mol. The summed E-state index contributed by atoms with van der Waals surface area (Å²) in [6, 6.07) is 9.67. The molecular formula is C14H11N3O3. The van der Waals surface area contributed by atoms with Gasteiger partial charge in [0.15, 0.2) is 0 Å². The maximum atomic E-state index is 10.8. The monoisotopic (exact) mass is 269 g/mol. The Morgan fingerprint density at radius 1 is 1.40 bits per heavy atom. The summed E-state index contributed by atoms with van der Waals surface area (Å²) in [6.07, 6.45) is 1.53. The number of carboxylic acids is 1. The summed E-state index contributed by atoms with van der Waals surface area (Å²) >= 11 is 0. The van der Waals surface area contributed by atoms with E-state index in [9.17, 15) is 4.79 Å². The number of pyridine rings is 1. The lowest BCUT2D eigenvalue weighted by Gasteiger charge is -2.08. The lowest BCUT2D eigenvalue weighted by molar-refractivity contribution is 0.0698. The van der Waals surface area contributed by atoms with Crippen LogP contribution in [0, 0.1) is 11.3 Å². The summed E-state index contributed by atoms with van der Waals surface area (Å²) in [7, 11) is 0. The minimum atomic E-state index is -1.08. The number of hydrogen-bond donors (Lipinski definition) is 2. The molecule has 6 heteroatoms. The van der Waals surface area contributed by atoms with Gasteiger partial charge in [-0.1, -0.05) is 0 Å². The quantitative estimate of drug-likeness (QED) is 0.819. The molecule has 2 aromatic rings.